The molecule has 3 rings (SSSR count). The lowest BCUT2D eigenvalue weighted by Crippen LogP contribution is -2.13. The molecule has 0 bridgehead atoms. The summed E-state index contributed by atoms with van der Waals surface area (Å²) in [6, 6.07) is 10.6. The minimum atomic E-state index is -0.933. The van der Waals surface area contributed by atoms with Gasteiger partial charge in [-0.25, -0.2) is 13.8 Å². The van der Waals surface area contributed by atoms with Crippen LogP contribution in [0.1, 0.15) is 4.88 Å². The molecular weight excluding hydrogens is 332 g/mol. The van der Waals surface area contributed by atoms with Crippen molar-refractivity contribution in [3.05, 3.63) is 70.6 Å². The number of halogens is 2. The number of amides is 1. The van der Waals surface area contributed by atoms with Crippen LogP contribution in [-0.4, -0.2) is 10.9 Å². The third-order valence-electron chi connectivity index (χ3n) is 3.15. The molecule has 4 nitrogen and oxygen atoms in total. The minimum Gasteiger partial charge on any atom is -0.340 e. The second kappa shape index (κ2) is 7.18. The van der Waals surface area contributed by atoms with E-state index in [1.165, 1.54) is 23.6 Å². The van der Waals surface area contributed by atoms with E-state index < -0.39 is 11.6 Å². The van der Waals surface area contributed by atoms with E-state index >= 15 is 0 Å². The maximum absolute atomic E-state index is 13.2. The summed E-state index contributed by atoms with van der Waals surface area (Å²) in [6.07, 6.45) is 1.81. The monoisotopic (exact) mass is 345 g/mol. The van der Waals surface area contributed by atoms with Crippen molar-refractivity contribution < 1.29 is 13.6 Å². The Morgan fingerprint density at radius 2 is 1.92 bits per heavy atom. The van der Waals surface area contributed by atoms with Gasteiger partial charge >= 0.3 is 0 Å². The second-order valence-corrected chi connectivity index (χ2v) is 6.02. The van der Waals surface area contributed by atoms with E-state index in [0.717, 1.165) is 17.0 Å². The fourth-order valence-electron chi connectivity index (χ4n) is 2.04. The van der Waals surface area contributed by atoms with Gasteiger partial charge in [-0.3, -0.25) is 4.79 Å². The zero-order valence-electron chi connectivity index (χ0n) is 12.4. The smallest absolute Gasteiger partial charge is 0.229 e. The quantitative estimate of drug-likeness (QED) is 0.723. The summed E-state index contributed by atoms with van der Waals surface area (Å²) < 4.78 is 26.1. The molecule has 2 heterocycles. The molecule has 0 aliphatic heterocycles. The third kappa shape index (κ3) is 4.14. The fourth-order valence-corrected chi connectivity index (χ4v) is 2.74. The zero-order valence-corrected chi connectivity index (χ0v) is 13.2. The van der Waals surface area contributed by atoms with Gasteiger partial charge < -0.3 is 10.6 Å². The van der Waals surface area contributed by atoms with Crippen LogP contribution in [0.2, 0.25) is 0 Å². The molecule has 1 aromatic carbocycles. The Hall–Kier alpha value is -2.80. The Kier molecular flexibility index (Phi) is 4.81. The Balaban J connectivity index is 1.60. The van der Waals surface area contributed by atoms with Crippen molar-refractivity contribution in [3.63, 3.8) is 0 Å². The van der Waals surface area contributed by atoms with Crippen molar-refractivity contribution in [1.82, 2.24) is 4.98 Å². The van der Waals surface area contributed by atoms with Gasteiger partial charge in [0.1, 0.15) is 5.82 Å². The summed E-state index contributed by atoms with van der Waals surface area (Å²) in [7, 11) is 0. The van der Waals surface area contributed by atoms with Gasteiger partial charge in [0, 0.05) is 16.6 Å². The highest BCUT2D eigenvalue weighted by molar-refractivity contribution is 7.10. The zero-order chi connectivity index (χ0) is 16.9. The Bertz CT molecular complexity index is 836. The molecule has 3 aromatic rings. The van der Waals surface area contributed by atoms with Crippen molar-refractivity contribution in [2.75, 3.05) is 10.6 Å². The number of hydrogen-bond donors (Lipinski definition) is 2. The highest BCUT2D eigenvalue weighted by Crippen LogP contribution is 2.19. The number of pyridine rings is 1. The number of anilines is 3. The number of hydrogen-bond acceptors (Lipinski definition) is 4. The summed E-state index contributed by atoms with van der Waals surface area (Å²) in [4.78, 5) is 17.0. The molecule has 122 valence electrons. The van der Waals surface area contributed by atoms with Crippen molar-refractivity contribution >= 4 is 34.4 Å². The first-order chi connectivity index (χ1) is 11.6. The molecule has 0 aliphatic carbocycles. The number of rotatable bonds is 5. The van der Waals surface area contributed by atoms with Gasteiger partial charge in [0.25, 0.3) is 0 Å². The standard InChI is InChI=1S/C17H13F2N3OS/c18-14-5-3-11(8-15(14)19)21-16-6-4-12(10-20-16)22-17(23)9-13-2-1-7-24-13/h1-8,10H,9H2,(H,20,21)(H,22,23). The Morgan fingerprint density at radius 3 is 2.58 bits per heavy atom. The van der Waals surface area contributed by atoms with Crippen LogP contribution < -0.4 is 10.6 Å². The van der Waals surface area contributed by atoms with Crippen LogP contribution in [0.5, 0.6) is 0 Å². The number of nitrogens with one attached hydrogen (secondary N) is 2. The Labute approximate surface area is 141 Å². The molecule has 0 atom stereocenters. The molecule has 0 unspecified atom stereocenters. The fraction of sp³-hybridized carbons (Fsp3) is 0.0588. The minimum absolute atomic E-state index is 0.124. The highest BCUT2D eigenvalue weighted by atomic mass is 32.1. The lowest BCUT2D eigenvalue weighted by atomic mass is 10.3. The van der Waals surface area contributed by atoms with Crippen LogP contribution in [0.25, 0.3) is 0 Å². The van der Waals surface area contributed by atoms with E-state index in [-0.39, 0.29) is 5.91 Å². The molecule has 2 N–H and O–H groups in total. The number of aromatic nitrogens is 1. The first-order valence-electron chi connectivity index (χ1n) is 7.10. The largest absolute Gasteiger partial charge is 0.340 e. The first-order valence-corrected chi connectivity index (χ1v) is 7.98. The lowest BCUT2D eigenvalue weighted by molar-refractivity contribution is -0.115. The van der Waals surface area contributed by atoms with Gasteiger partial charge in [0.05, 0.1) is 18.3 Å². The topological polar surface area (TPSA) is 54.0 Å². The molecule has 24 heavy (non-hydrogen) atoms. The normalized spacial score (nSPS) is 10.4. The van der Waals surface area contributed by atoms with E-state index in [0.29, 0.717) is 23.6 Å². The van der Waals surface area contributed by atoms with Crippen LogP contribution in [0, 0.1) is 11.6 Å². The van der Waals surface area contributed by atoms with Crippen molar-refractivity contribution in [2.24, 2.45) is 0 Å². The van der Waals surface area contributed by atoms with Gasteiger partial charge in [-0.15, -0.1) is 11.3 Å². The molecule has 0 fully saturated rings. The van der Waals surface area contributed by atoms with Crippen LogP contribution in [0.4, 0.5) is 26.0 Å². The summed E-state index contributed by atoms with van der Waals surface area (Å²) in [6.45, 7) is 0. The van der Waals surface area contributed by atoms with E-state index in [9.17, 15) is 13.6 Å². The van der Waals surface area contributed by atoms with E-state index in [1.807, 2.05) is 17.5 Å². The second-order valence-electron chi connectivity index (χ2n) is 4.99. The molecular formula is C17H13F2N3OS. The van der Waals surface area contributed by atoms with Gasteiger partial charge in [0.15, 0.2) is 11.6 Å². The molecule has 0 spiro atoms. The van der Waals surface area contributed by atoms with Crippen LogP contribution in [0.15, 0.2) is 54.0 Å². The molecule has 0 aliphatic rings. The van der Waals surface area contributed by atoms with Gasteiger partial charge in [-0.05, 0) is 35.7 Å². The molecule has 1 amide bonds. The summed E-state index contributed by atoms with van der Waals surface area (Å²) in [5.41, 5.74) is 0.947. The predicted octanol–water partition coefficient (Wildman–Crippen LogP) is 4.35. The summed E-state index contributed by atoms with van der Waals surface area (Å²) >= 11 is 1.52. The van der Waals surface area contributed by atoms with Crippen molar-refractivity contribution in [2.45, 2.75) is 6.42 Å². The Morgan fingerprint density at radius 1 is 1.08 bits per heavy atom. The maximum atomic E-state index is 13.2. The third-order valence-corrected chi connectivity index (χ3v) is 4.03. The van der Waals surface area contributed by atoms with Gasteiger partial charge in [-0.2, -0.15) is 0 Å². The summed E-state index contributed by atoms with van der Waals surface area (Å²) in [5.74, 6) is -1.51. The van der Waals surface area contributed by atoms with Crippen LogP contribution in [0.3, 0.4) is 0 Å². The van der Waals surface area contributed by atoms with Gasteiger partial charge in [0.2, 0.25) is 5.91 Å². The van der Waals surface area contributed by atoms with E-state index in [4.69, 9.17) is 0 Å². The summed E-state index contributed by atoms with van der Waals surface area (Å²) in [5, 5.41) is 7.54. The number of thiophene rings is 1. The van der Waals surface area contributed by atoms with E-state index in [2.05, 4.69) is 15.6 Å². The predicted molar refractivity (Wildman–Crippen MR) is 90.5 cm³/mol. The molecule has 0 saturated heterocycles. The highest BCUT2D eigenvalue weighted by Gasteiger charge is 2.06. The molecule has 0 radical (unpaired) electrons. The van der Waals surface area contributed by atoms with E-state index in [1.54, 1.807) is 12.1 Å². The lowest BCUT2D eigenvalue weighted by Gasteiger charge is -2.08. The van der Waals surface area contributed by atoms with Gasteiger partial charge in [-0.1, -0.05) is 6.07 Å². The number of carbonyl (C=O) groups excluding carboxylic acids is 1. The van der Waals surface area contributed by atoms with Crippen LogP contribution >= 0.6 is 11.3 Å². The van der Waals surface area contributed by atoms with Crippen molar-refractivity contribution in [3.8, 4) is 0 Å². The maximum Gasteiger partial charge on any atom is 0.229 e. The number of benzene rings is 1. The number of nitrogens with zero attached hydrogens (tertiary/aromatic N) is 1. The van der Waals surface area contributed by atoms with Crippen molar-refractivity contribution in [1.29, 1.82) is 0 Å². The average Bonchev–Trinajstić information content (AvgIpc) is 3.06. The molecule has 7 heteroatoms. The van der Waals surface area contributed by atoms with Crippen LogP contribution in [-0.2, 0) is 11.2 Å². The first kappa shape index (κ1) is 16.1. The molecule has 0 saturated carbocycles. The molecule has 2 aromatic heterocycles. The SMILES string of the molecule is O=C(Cc1cccs1)Nc1ccc(Nc2ccc(F)c(F)c2)nc1. The number of carbonyl (C=O) groups is 1. The average molecular weight is 345 g/mol.